The lowest BCUT2D eigenvalue weighted by atomic mass is 10.1. The van der Waals surface area contributed by atoms with Crippen LogP contribution in [0, 0.1) is 19.7 Å². The van der Waals surface area contributed by atoms with Gasteiger partial charge in [-0.3, -0.25) is 9.89 Å². The molecule has 2 aromatic carbocycles. The third kappa shape index (κ3) is 3.88. The van der Waals surface area contributed by atoms with E-state index in [0.717, 1.165) is 22.6 Å². The van der Waals surface area contributed by atoms with Crippen molar-refractivity contribution in [3.63, 3.8) is 0 Å². The molecule has 4 rings (SSSR count). The number of halogens is 1. The molecule has 0 saturated carbocycles. The Hall–Kier alpha value is -4.07. The summed E-state index contributed by atoms with van der Waals surface area (Å²) in [5.41, 5.74) is 7.48. The van der Waals surface area contributed by atoms with Crippen LogP contribution in [0.4, 0.5) is 4.39 Å². The molecule has 1 amide bonds. The van der Waals surface area contributed by atoms with E-state index in [1.54, 1.807) is 24.4 Å². The Bertz CT molecular complexity index is 1210. The van der Waals surface area contributed by atoms with Crippen LogP contribution in [-0.2, 0) is 0 Å². The minimum atomic E-state index is -0.433. The molecule has 0 bridgehead atoms. The van der Waals surface area contributed by atoms with Gasteiger partial charge in [0.25, 0.3) is 5.91 Å². The van der Waals surface area contributed by atoms with Gasteiger partial charge in [-0.15, -0.1) is 0 Å². The van der Waals surface area contributed by atoms with E-state index in [9.17, 15) is 9.18 Å². The average molecular weight is 402 g/mol. The Morgan fingerprint density at radius 3 is 2.60 bits per heavy atom. The van der Waals surface area contributed by atoms with Gasteiger partial charge in [0.05, 0.1) is 29.0 Å². The second kappa shape index (κ2) is 8.12. The van der Waals surface area contributed by atoms with Crippen molar-refractivity contribution in [3.8, 4) is 16.9 Å². The van der Waals surface area contributed by atoms with Crippen LogP contribution in [-0.4, -0.2) is 32.1 Å². The van der Waals surface area contributed by atoms with Gasteiger partial charge in [0, 0.05) is 11.1 Å². The number of benzene rings is 2. The fourth-order valence-corrected chi connectivity index (χ4v) is 3.08. The van der Waals surface area contributed by atoms with Crippen LogP contribution in [0.15, 0.2) is 65.8 Å². The number of hydrogen-bond donors (Lipinski definition) is 2. The molecule has 0 saturated heterocycles. The Morgan fingerprint density at radius 1 is 1.13 bits per heavy atom. The van der Waals surface area contributed by atoms with Gasteiger partial charge in [-0.1, -0.05) is 18.2 Å². The third-order valence-corrected chi connectivity index (χ3v) is 4.67. The zero-order valence-corrected chi connectivity index (χ0v) is 16.4. The molecule has 0 aliphatic heterocycles. The molecule has 0 radical (unpaired) electrons. The lowest BCUT2D eigenvalue weighted by Crippen LogP contribution is -2.18. The van der Waals surface area contributed by atoms with Gasteiger partial charge >= 0.3 is 0 Å². The summed E-state index contributed by atoms with van der Waals surface area (Å²) in [5, 5.41) is 15.4. The average Bonchev–Trinajstić information content (AvgIpc) is 3.35. The number of para-hydroxylation sites is 1. The van der Waals surface area contributed by atoms with Crippen LogP contribution < -0.4 is 5.43 Å². The summed E-state index contributed by atoms with van der Waals surface area (Å²) in [5.74, 6) is -0.763. The number of hydrazone groups is 1. The highest BCUT2D eigenvalue weighted by Crippen LogP contribution is 2.18. The first-order chi connectivity index (χ1) is 14.5. The largest absolute Gasteiger partial charge is 0.289 e. The topological polar surface area (TPSA) is 88.0 Å². The SMILES string of the molecule is Cc1nn(-c2ccccc2)c(C)c1/C=N/NC(=O)c1cc(-c2ccc(F)cc2)n[nH]1. The molecule has 0 fully saturated rings. The highest BCUT2D eigenvalue weighted by atomic mass is 19.1. The number of amides is 1. The number of aryl methyl sites for hydroxylation is 1. The first-order valence-corrected chi connectivity index (χ1v) is 9.29. The van der Waals surface area contributed by atoms with E-state index in [1.807, 2.05) is 48.9 Å². The Balaban J connectivity index is 1.47. The number of carbonyl (C=O) groups is 1. The number of hydrogen-bond acceptors (Lipinski definition) is 4. The Kier molecular flexibility index (Phi) is 5.21. The highest BCUT2D eigenvalue weighted by Gasteiger charge is 2.13. The molecule has 0 aliphatic carbocycles. The van der Waals surface area contributed by atoms with Crippen molar-refractivity contribution in [3.05, 3.63) is 89.1 Å². The number of H-pyrrole nitrogens is 1. The smallest absolute Gasteiger partial charge is 0.272 e. The normalized spacial score (nSPS) is 11.2. The number of carbonyl (C=O) groups excluding carboxylic acids is 1. The van der Waals surface area contributed by atoms with Crippen LogP contribution >= 0.6 is 0 Å². The fraction of sp³-hybridized carbons (Fsp3) is 0.0909. The summed E-state index contributed by atoms with van der Waals surface area (Å²) in [4.78, 5) is 12.4. The molecular weight excluding hydrogens is 383 g/mol. The minimum Gasteiger partial charge on any atom is -0.272 e. The summed E-state index contributed by atoms with van der Waals surface area (Å²) >= 11 is 0. The second-order valence-corrected chi connectivity index (χ2v) is 6.70. The molecule has 150 valence electrons. The Labute approximate surface area is 172 Å². The number of nitrogens with one attached hydrogen (secondary N) is 2. The van der Waals surface area contributed by atoms with E-state index in [2.05, 4.69) is 25.8 Å². The zero-order chi connectivity index (χ0) is 21.1. The standard InChI is InChI=1S/C22H19FN6O/c1-14-19(15(2)29(28-14)18-6-4-3-5-7-18)13-24-27-22(30)21-12-20(25-26-21)16-8-10-17(23)11-9-16/h3-13H,1-2H3,(H,25,26)(H,27,30)/b24-13+. The first-order valence-electron chi connectivity index (χ1n) is 9.29. The summed E-state index contributed by atoms with van der Waals surface area (Å²) in [6.07, 6.45) is 1.58. The maximum atomic E-state index is 13.1. The maximum absolute atomic E-state index is 13.1. The monoisotopic (exact) mass is 402 g/mol. The Morgan fingerprint density at radius 2 is 1.87 bits per heavy atom. The van der Waals surface area contributed by atoms with Crippen molar-refractivity contribution < 1.29 is 9.18 Å². The molecule has 2 heterocycles. The molecule has 2 N–H and O–H groups in total. The van der Waals surface area contributed by atoms with Crippen molar-refractivity contribution in [1.82, 2.24) is 25.4 Å². The van der Waals surface area contributed by atoms with Gasteiger partial charge in [-0.05, 0) is 56.3 Å². The van der Waals surface area contributed by atoms with Gasteiger partial charge in [-0.25, -0.2) is 14.5 Å². The van der Waals surface area contributed by atoms with Crippen molar-refractivity contribution >= 4 is 12.1 Å². The summed E-state index contributed by atoms with van der Waals surface area (Å²) < 4.78 is 14.9. The molecule has 0 atom stereocenters. The quantitative estimate of drug-likeness (QED) is 0.393. The van der Waals surface area contributed by atoms with Crippen molar-refractivity contribution in [2.75, 3.05) is 0 Å². The molecule has 0 spiro atoms. The van der Waals surface area contributed by atoms with Gasteiger partial charge in [0.15, 0.2) is 0 Å². The molecule has 0 aliphatic rings. The van der Waals surface area contributed by atoms with Crippen molar-refractivity contribution in [2.45, 2.75) is 13.8 Å². The fourth-order valence-electron chi connectivity index (χ4n) is 3.08. The van der Waals surface area contributed by atoms with Gasteiger partial charge in [0.2, 0.25) is 0 Å². The minimum absolute atomic E-state index is 0.250. The lowest BCUT2D eigenvalue weighted by Gasteiger charge is -2.03. The van der Waals surface area contributed by atoms with E-state index in [1.165, 1.54) is 12.1 Å². The maximum Gasteiger partial charge on any atom is 0.289 e. The summed E-state index contributed by atoms with van der Waals surface area (Å²) in [7, 11) is 0. The number of aromatic nitrogens is 4. The molecule has 2 aromatic heterocycles. The molecule has 0 unspecified atom stereocenters. The van der Waals surface area contributed by atoms with E-state index in [0.29, 0.717) is 11.3 Å². The predicted molar refractivity (Wildman–Crippen MR) is 112 cm³/mol. The van der Waals surface area contributed by atoms with Crippen molar-refractivity contribution in [1.29, 1.82) is 0 Å². The van der Waals surface area contributed by atoms with Crippen LogP contribution in [0.25, 0.3) is 16.9 Å². The second-order valence-electron chi connectivity index (χ2n) is 6.70. The van der Waals surface area contributed by atoms with E-state index in [-0.39, 0.29) is 11.5 Å². The van der Waals surface area contributed by atoms with E-state index in [4.69, 9.17) is 0 Å². The van der Waals surface area contributed by atoms with E-state index < -0.39 is 5.91 Å². The molecule has 4 aromatic rings. The zero-order valence-electron chi connectivity index (χ0n) is 16.4. The number of aromatic amines is 1. The number of rotatable bonds is 5. The molecular formula is C22H19FN6O. The summed E-state index contributed by atoms with van der Waals surface area (Å²) in [6, 6.07) is 17.3. The molecule has 30 heavy (non-hydrogen) atoms. The summed E-state index contributed by atoms with van der Waals surface area (Å²) in [6.45, 7) is 3.83. The van der Waals surface area contributed by atoms with Crippen molar-refractivity contribution in [2.24, 2.45) is 5.10 Å². The number of nitrogens with zero attached hydrogens (tertiary/aromatic N) is 4. The van der Waals surface area contributed by atoms with Crippen LogP contribution in [0.1, 0.15) is 27.4 Å². The van der Waals surface area contributed by atoms with E-state index >= 15 is 0 Å². The van der Waals surface area contributed by atoms with Gasteiger partial charge in [-0.2, -0.15) is 15.3 Å². The third-order valence-electron chi connectivity index (χ3n) is 4.67. The van der Waals surface area contributed by atoms with Crippen LogP contribution in [0.5, 0.6) is 0 Å². The predicted octanol–water partition coefficient (Wildman–Crippen LogP) is 3.78. The molecule has 7 nitrogen and oxygen atoms in total. The first kappa shape index (κ1) is 19.3. The lowest BCUT2D eigenvalue weighted by molar-refractivity contribution is 0.0950. The van der Waals surface area contributed by atoms with Gasteiger partial charge < -0.3 is 0 Å². The highest BCUT2D eigenvalue weighted by molar-refractivity contribution is 5.94. The van der Waals surface area contributed by atoms with Crippen LogP contribution in [0.3, 0.4) is 0 Å². The molecule has 8 heteroatoms. The van der Waals surface area contributed by atoms with Gasteiger partial charge in [0.1, 0.15) is 11.5 Å². The van der Waals surface area contributed by atoms with Crippen LogP contribution in [0.2, 0.25) is 0 Å².